The monoisotopic (exact) mass is 702 g/mol. The minimum absolute atomic E-state index is 0.0391. The van der Waals surface area contributed by atoms with Crippen LogP contribution in [-0.4, -0.2) is 86.3 Å². The molecular formula is C39H54N4O6Si. The summed E-state index contributed by atoms with van der Waals surface area (Å²) in [5.41, 5.74) is 3.58. The van der Waals surface area contributed by atoms with Gasteiger partial charge in [0.25, 0.3) is 5.91 Å². The van der Waals surface area contributed by atoms with Crippen LogP contribution in [0.5, 0.6) is 0 Å². The molecule has 2 aromatic rings. The zero-order valence-corrected chi connectivity index (χ0v) is 31.4. The fourth-order valence-electron chi connectivity index (χ4n) is 7.95. The number of carbonyl (C=O) groups excluding carboxylic acids is 3. The SMILES string of the molecule is CC(C)=CCC/C(C)=C/CN1C(=O)[C@@]2(O[C@@H](CC(=O)N(CCO)Cc3ccccc3)[C@H]([Si](C)(C)O)[C@H]2C)c2cc(N3CCNCC3=O)ccc21. The molecule has 3 amide bonds. The molecule has 3 heterocycles. The Balaban J connectivity index is 1.53. The van der Waals surface area contributed by atoms with Gasteiger partial charge in [-0.15, -0.1) is 0 Å². The van der Waals surface area contributed by atoms with E-state index in [0.717, 1.165) is 24.1 Å². The number of nitrogens with zero attached hydrogens (tertiary/aromatic N) is 3. The van der Waals surface area contributed by atoms with Crippen LogP contribution in [0.4, 0.5) is 11.4 Å². The van der Waals surface area contributed by atoms with Crippen molar-refractivity contribution in [2.75, 3.05) is 49.1 Å². The second-order valence-electron chi connectivity index (χ2n) is 14.8. The van der Waals surface area contributed by atoms with Crippen LogP contribution in [0, 0.1) is 5.92 Å². The van der Waals surface area contributed by atoms with Crippen LogP contribution in [0.3, 0.4) is 0 Å². The normalized spacial score (nSPS) is 23.8. The van der Waals surface area contributed by atoms with Crippen LogP contribution < -0.4 is 15.1 Å². The number of nitrogens with one attached hydrogen (secondary N) is 1. The molecule has 5 rings (SSSR count). The van der Waals surface area contributed by atoms with Gasteiger partial charge in [-0.2, -0.15) is 0 Å². The molecule has 2 fully saturated rings. The van der Waals surface area contributed by atoms with Gasteiger partial charge in [-0.05, 0) is 70.5 Å². The molecule has 1 spiro atoms. The second kappa shape index (κ2) is 15.7. The number of hydrogen-bond donors (Lipinski definition) is 3. The van der Waals surface area contributed by atoms with Crippen LogP contribution in [0.25, 0.3) is 0 Å². The van der Waals surface area contributed by atoms with Crippen molar-refractivity contribution in [2.24, 2.45) is 5.92 Å². The summed E-state index contributed by atoms with van der Waals surface area (Å²) < 4.78 is 6.98. The summed E-state index contributed by atoms with van der Waals surface area (Å²) in [6.45, 7) is 13.9. The lowest BCUT2D eigenvalue weighted by molar-refractivity contribution is -0.149. The number of hydrogen-bond acceptors (Lipinski definition) is 7. The van der Waals surface area contributed by atoms with E-state index in [1.54, 1.807) is 14.7 Å². The van der Waals surface area contributed by atoms with Gasteiger partial charge in [0, 0.05) is 55.4 Å². The predicted octanol–water partition coefficient (Wildman–Crippen LogP) is 4.87. The average molecular weight is 703 g/mol. The van der Waals surface area contributed by atoms with Crippen LogP contribution in [-0.2, 0) is 31.3 Å². The second-order valence-corrected chi connectivity index (χ2v) is 18.8. The van der Waals surface area contributed by atoms with Crippen molar-refractivity contribution < 1.29 is 29.0 Å². The first-order chi connectivity index (χ1) is 23.8. The van der Waals surface area contributed by atoms with E-state index in [0.29, 0.717) is 37.4 Å². The third-order valence-corrected chi connectivity index (χ3v) is 12.9. The summed E-state index contributed by atoms with van der Waals surface area (Å²) in [5, 5.41) is 13.0. The predicted molar refractivity (Wildman–Crippen MR) is 199 cm³/mol. The van der Waals surface area contributed by atoms with Crippen LogP contribution in [0.15, 0.2) is 71.8 Å². The van der Waals surface area contributed by atoms with E-state index in [4.69, 9.17) is 4.74 Å². The van der Waals surface area contributed by atoms with Crippen molar-refractivity contribution in [1.29, 1.82) is 0 Å². The van der Waals surface area contributed by atoms with Gasteiger partial charge < -0.3 is 34.7 Å². The largest absolute Gasteiger partial charge is 0.432 e. The first-order valence-electron chi connectivity index (χ1n) is 17.9. The summed E-state index contributed by atoms with van der Waals surface area (Å²) >= 11 is 0. The maximum atomic E-state index is 14.9. The van der Waals surface area contributed by atoms with Crippen molar-refractivity contribution in [3.63, 3.8) is 0 Å². The molecule has 11 heteroatoms. The minimum Gasteiger partial charge on any atom is -0.432 e. The van der Waals surface area contributed by atoms with Gasteiger partial charge in [-0.1, -0.05) is 60.6 Å². The lowest BCUT2D eigenvalue weighted by atomic mass is 9.82. The minimum atomic E-state index is -3.03. The molecule has 0 bridgehead atoms. The van der Waals surface area contributed by atoms with E-state index in [1.807, 2.05) is 68.5 Å². The Bertz CT molecular complexity index is 1620. The zero-order chi connectivity index (χ0) is 36.2. The van der Waals surface area contributed by atoms with Crippen molar-refractivity contribution >= 4 is 37.4 Å². The van der Waals surface area contributed by atoms with Crippen molar-refractivity contribution in [3.8, 4) is 0 Å². The van der Waals surface area contributed by atoms with E-state index in [1.165, 1.54) is 11.1 Å². The Kier molecular flexibility index (Phi) is 11.8. The summed E-state index contributed by atoms with van der Waals surface area (Å²) in [6, 6.07) is 15.3. The molecule has 10 nitrogen and oxygen atoms in total. The molecule has 0 radical (unpaired) electrons. The Hall–Kier alpha value is -3.61. The number of rotatable bonds is 13. The fraction of sp³-hybridized carbons (Fsp3) is 0.513. The van der Waals surface area contributed by atoms with Gasteiger partial charge in [0.2, 0.25) is 11.8 Å². The van der Waals surface area contributed by atoms with Crippen molar-refractivity contribution in [1.82, 2.24) is 10.2 Å². The lowest BCUT2D eigenvalue weighted by Gasteiger charge is -2.33. The topological polar surface area (TPSA) is 123 Å². The van der Waals surface area contributed by atoms with E-state index in [9.17, 15) is 24.3 Å². The van der Waals surface area contributed by atoms with Gasteiger partial charge in [-0.25, -0.2) is 0 Å². The summed E-state index contributed by atoms with van der Waals surface area (Å²) in [5.74, 6) is -0.931. The Labute approximate surface area is 297 Å². The highest BCUT2D eigenvalue weighted by Gasteiger charge is 2.66. The van der Waals surface area contributed by atoms with Crippen LogP contribution in [0.1, 0.15) is 58.1 Å². The number of allylic oxidation sites excluding steroid dienone is 3. The summed E-state index contributed by atoms with van der Waals surface area (Å²) in [6.07, 6.45) is 5.33. The average Bonchev–Trinajstić information content (AvgIpc) is 3.49. The molecule has 0 aliphatic carbocycles. The first kappa shape index (κ1) is 37.6. The number of ether oxygens (including phenoxy) is 1. The molecule has 4 atom stereocenters. The molecule has 0 unspecified atom stereocenters. The number of amides is 3. The van der Waals surface area contributed by atoms with E-state index in [2.05, 4.69) is 38.2 Å². The van der Waals surface area contributed by atoms with E-state index >= 15 is 0 Å². The molecule has 3 aliphatic heterocycles. The highest BCUT2D eigenvalue weighted by atomic mass is 28.4. The highest BCUT2D eigenvalue weighted by molar-refractivity contribution is 6.71. The van der Waals surface area contributed by atoms with Crippen LogP contribution in [0.2, 0.25) is 18.6 Å². The van der Waals surface area contributed by atoms with Gasteiger partial charge in [-0.3, -0.25) is 14.4 Å². The Morgan fingerprint density at radius 3 is 2.52 bits per heavy atom. The quantitative estimate of drug-likeness (QED) is 0.201. The third kappa shape index (κ3) is 7.82. The third-order valence-electron chi connectivity index (χ3n) is 10.4. The molecule has 2 aromatic carbocycles. The van der Waals surface area contributed by atoms with Gasteiger partial charge >= 0.3 is 0 Å². The molecule has 3 N–H and O–H groups in total. The fourth-order valence-corrected chi connectivity index (χ4v) is 10.5. The number of piperazine rings is 1. The Morgan fingerprint density at radius 1 is 1.12 bits per heavy atom. The summed E-state index contributed by atoms with van der Waals surface area (Å²) in [4.78, 5) is 58.8. The highest BCUT2D eigenvalue weighted by Crippen LogP contribution is 2.60. The van der Waals surface area contributed by atoms with Gasteiger partial charge in [0.15, 0.2) is 13.9 Å². The number of aliphatic hydroxyl groups excluding tert-OH is 1. The standard InChI is InChI=1S/C39H54N4O6Si/c1-27(2)11-10-12-28(3)17-19-43-33-16-15-31(42-20-18-40-25-36(42)46)23-32(33)39(38(43)47)29(4)37(50(5,6)48)34(49-39)24-35(45)41(21-22-44)26-30-13-8-7-9-14-30/h7-9,11,13-17,23,29,34,37,40,44,48H,10,12,18-22,24-26H2,1-6H3/b28-17+/t29-,34+,37-,39+/m1/s1. The molecule has 50 heavy (non-hydrogen) atoms. The smallest absolute Gasteiger partial charge is 0.264 e. The maximum absolute atomic E-state index is 14.9. The molecular weight excluding hydrogens is 649 g/mol. The number of aliphatic hydroxyl groups is 1. The maximum Gasteiger partial charge on any atom is 0.264 e. The molecule has 0 aromatic heterocycles. The number of anilines is 2. The lowest BCUT2D eigenvalue weighted by Crippen LogP contribution is -2.48. The first-order valence-corrected chi connectivity index (χ1v) is 20.9. The van der Waals surface area contributed by atoms with Crippen molar-refractivity contribution in [3.05, 3.63) is 83.0 Å². The Morgan fingerprint density at radius 2 is 1.86 bits per heavy atom. The van der Waals surface area contributed by atoms with Gasteiger partial charge in [0.1, 0.15) is 0 Å². The molecule has 3 aliphatic rings. The van der Waals surface area contributed by atoms with E-state index in [-0.39, 0.29) is 43.8 Å². The van der Waals surface area contributed by atoms with Gasteiger partial charge in [0.05, 0.1) is 31.4 Å². The molecule has 270 valence electrons. The number of carbonyl (C=O) groups is 3. The zero-order valence-electron chi connectivity index (χ0n) is 30.4. The molecule has 0 saturated carbocycles. The molecule has 2 saturated heterocycles. The summed E-state index contributed by atoms with van der Waals surface area (Å²) in [7, 11) is -3.03. The van der Waals surface area contributed by atoms with E-state index < -0.39 is 31.5 Å². The number of fused-ring (bicyclic) bond motifs is 2. The van der Waals surface area contributed by atoms with Crippen molar-refractivity contribution in [2.45, 2.75) is 83.8 Å². The van der Waals surface area contributed by atoms with Crippen LogP contribution >= 0.6 is 0 Å². The number of benzene rings is 2.